The summed E-state index contributed by atoms with van der Waals surface area (Å²) in [6.07, 6.45) is 2.03. The summed E-state index contributed by atoms with van der Waals surface area (Å²) in [5.74, 6) is -0.126. The van der Waals surface area contributed by atoms with Crippen molar-refractivity contribution in [1.29, 1.82) is 0 Å². The Balaban J connectivity index is 1.96. The second kappa shape index (κ2) is 6.26. The predicted molar refractivity (Wildman–Crippen MR) is 79.9 cm³/mol. The summed E-state index contributed by atoms with van der Waals surface area (Å²) >= 11 is 0. The molecule has 1 heterocycles. The van der Waals surface area contributed by atoms with Gasteiger partial charge in [-0.3, -0.25) is 4.79 Å². The minimum atomic E-state index is -3.04. The Hall–Kier alpha value is -1.56. The smallest absolute Gasteiger partial charge is 0.251 e. The number of hydrogen-bond donors (Lipinski definition) is 2. The number of aryl methyl sites for hydroxylation is 1. The Bertz CT molecular complexity index is 596. The molecule has 110 valence electrons. The number of amides is 1. The van der Waals surface area contributed by atoms with E-state index in [9.17, 15) is 13.2 Å². The van der Waals surface area contributed by atoms with Gasteiger partial charge >= 0.3 is 0 Å². The fourth-order valence-corrected chi connectivity index (χ4v) is 2.88. The van der Waals surface area contributed by atoms with Gasteiger partial charge in [0.1, 0.15) is 0 Å². The summed E-state index contributed by atoms with van der Waals surface area (Å²) in [4.78, 5) is 12.0. The first-order chi connectivity index (χ1) is 9.52. The minimum absolute atomic E-state index is 0.0122. The maximum atomic E-state index is 12.0. The van der Waals surface area contributed by atoms with E-state index >= 15 is 0 Å². The van der Waals surface area contributed by atoms with Crippen LogP contribution in [0.3, 0.4) is 0 Å². The van der Waals surface area contributed by atoms with Gasteiger partial charge in [0, 0.05) is 30.1 Å². The highest BCUT2D eigenvalue weighted by molar-refractivity contribution is 7.91. The molecule has 1 aromatic rings. The van der Waals surface area contributed by atoms with Crippen LogP contribution in [0.5, 0.6) is 0 Å². The molecule has 0 saturated carbocycles. The van der Waals surface area contributed by atoms with Crippen LogP contribution in [0.2, 0.25) is 0 Å². The van der Waals surface area contributed by atoms with E-state index in [1.807, 2.05) is 12.1 Å². The summed E-state index contributed by atoms with van der Waals surface area (Å²) in [6.45, 7) is 2.73. The number of sulfone groups is 1. The molecule has 0 aromatic heterocycles. The van der Waals surface area contributed by atoms with E-state index < -0.39 is 9.84 Å². The maximum absolute atomic E-state index is 12.0. The van der Waals surface area contributed by atoms with Crippen LogP contribution in [0.15, 0.2) is 18.2 Å². The van der Waals surface area contributed by atoms with Crippen molar-refractivity contribution in [3.8, 4) is 0 Å². The first-order valence-electron chi connectivity index (χ1n) is 6.87. The Kier molecular flexibility index (Phi) is 4.65. The van der Waals surface area contributed by atoms with Crippen molar-refractivity contribution in [3.63, 3.8) is 0 Å². The van der Waals surface area contributed by atoms with Crippen molar-refractivity contribution in [3.05, 3.63) is 29.3 Å². The molecule has 0 atom stereocenters. The maximum Gasteiger partial charge on any atom is 0.251 e. The molecule has 6 heteroatoms. The van der Waals surface area contributed by atoms with Crippen molar-refractivity contribution in [2.24, 2.45) is 0 Å². The predicted octanol–water partition coefficient (Wildman–Crippen LogP) is 1.21. The van der Waals surface area contributed by atoms with Gasteiger partial charge in [0.05, 0.1) is 5.75 Å². The molecule has 0 saturated heterocycles. The van der Waals surface area contributed by atoms with Crippen LogP contribution in [-0.4, -0.2) is 38.9 Å². The number of hydrogen-bond acceptors (Lipinski definition) is 4. The Morgan fingerprint density at radius 3 is 2.95 bits per heavy atom. The molecule has 0 radical (unpaired) electrons. The second-order valence-corrected chi connectivity index (χ2v) is 7.37. The highest BCUT2D eigenvalue weighted by Gasteiger charge is 2.13. The van der Waals surface area contributed by atoms with Gasteiger partial charge in [-0.15, -0.1) is 0 Å². The second-order valence-electron chi connectivity index (χ2n) is 4.89. The van der Waals surface area contributed by atoms with Crippen molar-refractivity contribution < 1.29 is 13.2 Å². The van der Waals surface area contributed by atoms with Crippen molar-refractivity contribution in [2.45, 2.75) is 19.8 Å². The number of rotatable bonds is 5. The zero-order chi connectivity index (χ0) is 14.6. The van der Waals surface area contributed by atoms with Crippen LogP contribution < -0.4 is 10.6 Å². The molecule has 0 fully saturated rings. The van der Waals surface area contributed by atoms with Crippen LogP contribution in [0.4, 0.5) is 5.69 Å². The topological polar surface area (TPSA) is 75.3 Å². The lowest BCUT2D eigenvalue weighted by Gasteiger charge is -2.18. The van der Waals surface area contributed by atoms with Crippen molar-refractivity contribution in [1.82, 2.24) is 5.32 Å². The van der Waals surface area contributed by atoms with E-state index in [4.69, 9.17) is 0 Å². The van der Waals surface area contributed by atoms with Gasteiger partial charge in [-0.25, -0.2) is 8.42 Å². The lowest BCUT2D eigenvalue weighted by Crippen LogP contribution is -2.29. The summed E-state index contributed by atoms with van der Waals surface area (Å²) in [6, 6.07) is 5.55. The monoisotopic (exact) mass is 296 g/mol. The normalized spacial score (nSPS) is 14.2. The van der Waals surface area contributed by atoms with Gasteiger partial charge in [-0.2, -0.15) is 0 Å². The molecule has 1 aliphatic heterocycles. The average Bonchev–Trinajstić information content (AvgIpc) is 2.46. The standard InChI is InChI=1S/C14H20N2O3S/c1-2-20(18,19)9-8-16-14(17)12-5-6-13-11(10-12)4-3-7-15-13/h5-6,10,15H,2-4,7-9H2,1H3,(H,16,17). The van der Waals surface area contributed by atoms with Crippen LogP contribution in [0.1, 0.15) is 29.3 Å². The lowest BCUT2D eigenvalue weighted by molar-refractivity contribution is 0.0956. The molecule has 0 aliphatic carbocycles. The van der Waals surface area contributed by atoms with Gasteiger partial charge < -0.3 is 10.6 Å². The van der Waals surface area contributed by atoms with Crippen LogP contribution >= 0.6 is 0 Å². The third-order valence-corrected chi connectivity index (χ3v) is 5.15. The zero-order valence-electron chi connectivity index (χ0n) is 11.6. The number of fused-ring (bicyclic) bond motifs is 1. The fourth-order valence-electron chi connectivity index (χ4n) is 2.18. The molecule has 2 rings (SSSR count). The number of carbonyl (C=O) groups excluding carboxylic acids is 1. The van der Waals surface area contributed by atoms with Gasteiger partial charge in [-0.1, -0.05) is 6.92 Å². The summed E-state index contributed by atoms with van der Waals surface area (Å²) in [5, 5.41) is 5.95. The van der Waals surface area contributed by atoms with E-state index in [2.05, 4.69) is 10.6 Å². The number of benzene rings is 1. The van der Waals surface area contributed by atoms with Gasteiger partial charge in [0.15, 0.2) is 9.84 Å². The average molecular weight is 296 g/mol. The summed E-state index contributed by atoms with van der Waals surface area (Å²) in [5.41, 5.74) is 2.81. The van der Waals surface area contributed by atoms with Crippen LogP contribution in [-0.2, 0) is 16.3 Å². The Morgan fingerprint density at radius 2 is 2.20 bits per heavy atom. The van der Waals surface area contributed by atoms with E-state index in [-0.39, 0.29) is 24.0 Å². The molecule has 0 spiro atoms. The van der Waals surface area contributed by atoms with Gasteiger partial charge in [-0.05, 0) is 36.6 Å². The minimum Gasteiger partial charge on any atom is -0.385 e. The quantitative estimate of drug-likeness (QED) is 0.856. The third-order valence-electron chi connectivity index (χ3n) is 3.44. The highest BCUT2D eigenvalue weighted by atomic mass is 32.2. The molecule has 2 N–H and O–H groups in total. The molecule has 0 bridgehead atoms. The van der Waals surface area contributed by atoms with Crippen LogP contribution in [0.25, 0.3) is 0 Å². The first-order valence-corrected chi connectivity index (χ1v) is 8.69. The number of nitrogens with one attached hydrogen (secondary N) is 2. The molecular weight excluding hydrogens is 276 g/mol. The molecule has 0 unspecified atom stereocenters. The largest absolute Gasteiger partial charge is 0.385 e. The third kappa shape index (κ3) is 3.72. The van der Waals surface area contributed by atoms with E-state index in [1.54, 1.807) is 13.0 Å². The summed E-state index contributed by atoms with van der Waals surface area (Å²) in [7, 11) is -3.04. The van der Waals surface area contributed by atoms with E-state index in [1.165, 1.54) is 0 Å². The van der Waals surface area contributed by atoms with Crippen LogP contribution in [0, 0.1) is 0 Å². The molecule has 1 amide bonds. The fraction of sp³-hybridized carbons (Fsp3) is 0.500. The van der Waals surface area contributed by atoms with Gasteiger partial charge in [0.2, 0.25) is 0 Å². The van der Waals surface area contributed by atoms with Crippen molar-refractivity contribution in [2.75, 3.05) is 29.9 Å². The Morgan fingerprint density at radius 1 is 1.40 bits per heavy atom. The number of carbonyl (C=O) groups is 1. The van der Waals surface area contributed by atoms with E-state index in [0.29, 0.717) is 5.56 Å². The molecule has 1 aliphatic rings. The summed E-state index contributed by atoms with van der Waals surface area (Å²) < 4.78 is 22.7. The molecular formula is C14H20N2O3S. The number of anilines is 1. The molecule has 20 heavy (non-hydrogen) atoms. The highest BCUT2D eigenvalue weighted by Crippen LogP contribution is 2.22. The SMILES string of the molecule is CCS(=O)(=O)CCNC(=O)c1ccc2c(c1)CCCN2. The van der Waals surface area contributed by atoms with E-state index in [0.717, 1.165) is 30.6 Å². The first kappa shape index (κ1) is 14.8. The zero-order valence-corrected chi connectivity index (χ0v) is 12.4. The Labute approximate surface area is 119 Å². The van der Waals surface area contributed by atoms with Gasteiger partial charge in [0.25, 0.3) is 5.91 Å². The molecule has 5 nitrogen and oxygen atoms in total. The molecule has 1 aromatic carbocycles. The van der Waals surface area contributed by atoms with Crippen molar-refractivity contribution >= 4 is 21.4 Å². The lowest BCUT2D eigenvalue weighted by atomic mass is 10.0.